The minimum Gasteiger partial charge on any atom is -0.323 e. The highest BCUT2D eigenvalue weighted by atomic mass is 79.9. The zero-order valence-corrected chi connectivity index (χ0v) is 16.6. The lowest BCUT2D eigenvalue weighted by Crippen LogP contribution is -2.15. The number of halogens is 2. The van der Waals surface area contributed by atoms with Crippen LogP contribution in [0.1, 0.15) is 0 Å². The molecule has 0 saturated carbocycles. The van der Waals surface area contributed by atoms with Crippen molar-refractivity contribution in [1.29, 1.82) is 0 Å². The molecule has 0 unspecified atom stereocenters. The second-order valence-corrected chi connectivity index (χ2v) is 8.60. The molecule has 2 aromatic carbocycles. The molecule has 0 fully saturated rings. The highest BCUT2D eigenvalue weighted by Gasteiger charge is 2.11. The van der Waals surface area contributed by atoms with Crippen LogP contribution in [0.3, 0.4) is 0 Å². The van der Waals surface area contributed by atoms with Gasteiger partial charge in [0.25, 0.3) is 0 Å². The molecule has 128 valence electrons. The fourth-order valence-electron chi connectivity index (χ4n) is 1.96. The van der Waals surface area contributed by atoms with E-state index in [1.807, 2.05) is 30.3 Å². The molecule has 3 aromatic rings. The van der Waals surface area contributed by atoms with Crippen molar-refractivity contribution < 1.29 is 9.18 Å². The summed E-state index contributed by atoms with van der Waals surface area (Å²) in [4.78, 5) is 12.0. The number of carbonyl (C=O) groups excluding carboxylic acids is 1. The van der Waals surface area contributed by atoms with E-state index in [-0.39, 0.29) is 17.3 Å². The van der Waals surface area contributed by atoms with Gasteiger partial charge in [0.2, 0.25) is 5.91 Å². The minimum absolute atomic E-state index is 0.118. The van der Waals surface area contributed by atoms with Gasteiger partial charge in [0, 0.05) is 4.47 Å². The van der Waals surface area contributed by atoms with E-state index < -0.39 is 5.82 Å². The number of para-hydroxylation sites is 1. The van der Waals surface area contributed by atoms with Crippen LogP contribution in [0.25, 0.3) is 5.69 Å². The Morgan fingerprint density at radius 1 is 1.32 bits per heavy atom. The van der Waals surface area contributed by atoms with Crippen LogP contribution >= 0.6 is 51.2 Å². The van der Waals surface area contributed by atoms with Crippen molar-refractivity contribution in [1.82, 2.24) is 9.78 Å². The smallest absolute Gasteiger partial charge is 0.234 e. The monoisotopic (exact) mass is 455 g/mol. The van der Waals surface area contributed by atoms with E-state index in [4.69, 9.17) is 12.2 Å². The Bertz CT molecular complexity index is 959. The minimum atomic E-state index is -0.489. The van der Waals surface area contributed by atoms with Gasteiger partial charge in [-0.2, -0.15) is 0 Å². The molecule has 0 spiro atoms. The van der Waals surface area contributed by atoms with Gasteiger partial charge in [-0.3, -0.25) is 4.79 Å². The molecule has 0 aliphatic heterocycles. The topological polar surface area (TPSA) is 46.9 Å². The number of hydrogen-bond acceptors (Lipinski definition) is 5. The van der Waals surface area contributed by atoms with Crippen LogP contribution < -0.4 is 5.32 Å². The van der Waals surface area contributed by atoms with Gasteiger partial charge in [-0.15, -0.1) is 5.10 Å². The maximum atomic E-state index is 13.7. The van der Waals surface area contributed by atoms with Crippen LogP contribution in [0.2, 0.25) is 0 Å². The summed E-state index contributed by atoms with van der Waals surface area (Å²) in [5.41, 5.74) is 1.02. The lowest BCUT2D eigenvalue weighted by atomic mass is 10.3. The molecule has 1 amide bonds. The van der Waals surface area contributed by atoms with E-state index in [0.29, 0.717) is 12.8 Å². The maximum Gasteiger partial charge on any atom is 0.234 e. The van der Waals surface area contributed by atoms with E-state index in [1.54, 1.807) is 10.7 Å². The molecule has 3 rings (SSSR count). The van der Waals surface area contributed by atoms with E-state index in [1.165, 1.54) is 35.2 Å². The fourth-order valence-corrected chi connectivity index (χ4v) is 4.45. The Morgan fingerprint density at radius 2 is 2.08 bits per heavy atom. The highest BCUT2D eigenvalue weighted by Crippen LogP contribution is 2.25. The Hall–Kier alpha value is -1.55. The molecular weight excluding hydrogens is 445 g/mol. The normalized spacial score (nSPS) is 10.6. The van der Waals surface area contributed by atoms with Gasteiger partial charge in [0.15, 0.2) is 8.29 Å². The molecule has 4 nitrogen and oxygen atoms in total. The highest BCUT2D eigenvalue weighted by molar-refractivity contribution is 9.10. The van der Waals surface area contributed by atoms with Crippen LogP contribution in [-0.4, -0.2) is 21.4 Å². The lowest BCUT2D eigenvalue weighted by Gasteiger charge is -2.05. The first-order chi connectivity index (χ1) is 12.0. The van der Waals surface area contributed by atoms with E-state index in [0.717, 1.165) is 5.69 Å². The summed E-state index contributed by atoms with van der Waals surface area (Å²) in [6.07, 6.45) is 0. The van der Waals surface area contributed by atoms with Crippen molar-refractivity contribution in [3.63, 3.8) is 0 Å². The van der Waals surface area contributed by atoms with Gasteiger partial charge >= 0.3 is 0 Å². The first-order valence-electron chi connectivity index (χ1n) is 7.06. The van der Waals surface area contributed by atoms with Gasteiger partial charge in [-0.1, -0.05) is 57.2 Å². The number of thioether (sulfide) groups is 1. The summed E-state index contributed by atoms with van der Waals surface area (Å²) in [6, 6.07) is 14.0. The Balaban J connectivity index is 1.64. The molecule has 1 N–H and O–H groups in total. The second kappa shape index (κ2) is 8.22. The molecule has 1 aromatic heterocycles. The van der Waals surface area contributed by atoms with Gasteiger partial charge in [0.05, 0.1) is 17.1 Å². The van der Waals surface area contributed by atoms with E-state index in [2.05, 4.69) is 26.3 Å². The number of anilines is 1. The van der Waals surface area contributed by atoms with Gasteiger partial charge < -0.3 is 5.32 Å². The molecule has 0 aliphatic rings. The third kappa shape index (κ3) is 4.75. The molecule has 0 atom stereocenters. The Morgan fingerprint density at radius 3 is 2.80 bits per heavy atom. The van der Waals surface area contributed by atoms with E-state index in [9.17, 15) is 9.18 Å². The zero-order chi connectivity index (χ0) is 17.8. The van der Waals surface area contributed by atoms with Crippen molar-refractivity contribution in [3.8, 4) is 5.69 Å². The number of carbonyl (C=O) groups is 1. The Labute approximate surface area is 165 Å². The molecule has 0 bridgehead atoms. The molecule has 25 heavy (non-hydrogen) atoms. The predicted octanol–water partition coefficient (Wildman–Crippen LogP) is 5.30. The van der Waals surface area contributed by atoms with Crippen LogP contribution in [0.15, 0.2) is 57.3 Å². The van der Waals surface area contributed by atoms with Crippen LogP contribution in [0, 0.1) is 9.77 Å². The standard InChI is InChI=1S/C16H11BrFN3OS3/c17-10-6-7-13(12(18)8-10)19-14(22)9-24-15-20-21(16(23)25-15)11-4-2-1-3-5-11/h1-8H,9H2,(H,19,22). The number of benzene rings is 2. The lowest BCUT2D eigenvalue weighted by molar-refractivity contribution is -0.113. The van der Waals surface area contributed by atoms with Crippen molar-refractivity contribution in [2.24, 2.45) is 0 Å². The van der Waals surface area contributed by atoms with Crippen LogP contribution in [0.5, 0.6) is 0 Å². The predicted molar refractivity (Wildman–Crippen MR) is 106 cm³/mol. The van der Waals surface area contributed by atoms with Gasteiger partial charge in [0.1, 0.15) is 5.82 Å². The number of hydrogen-bond donors (Lipinski definition) is 1. The Kier molecular flexibility index (Phi) is 6.00. The SMILES string of the molecule is O=C(CSc1nn(-c2ccccc2)c(=S)s1)Nc1ccc(Br)cc1F. The first kappa shape index (κ1) is 18.2. The van der Waals surface area contributed by atoms with Crippen LogP contribution in [0.4, 0.5) is 10.1 Å². The number of nitrogens with one attached hydrogen (secondary N) is 1. The number of amides is 1. The fraction of sp³-hybridized carbons (Fsp3) is 0.0625. The average molecular weight is 456 g/mol. The van der Waals surface area contributed by atoms with E-state index >= 15 is 0 Å². The molecular formula is C16H11BrFN3OS3. The second-order valence-electron chi connectivity index (χ2n) is 4.84. The molecule has 0 radical (unpaired) electrons. The van der Waals surface area contributed by atoms with Crippen molar-refractivity contribution in [2.45, 2.75) is 4.34 Å². The maximum absolute atomic E-state index is 13.7. The molecule has 0 saturated heterocycles. The average Bonchev–Trinajstić information content (AvgIpc) is 2.97. The van der Waals surface area contributed by atoms with Crippen molar-refractivity contribution in [2.75, 3.05) is 11.1 Å². The molecule has 0 aliphatic carbocycles. The quantitative estimate of drug-likeness (QED) is 0.419. The zero-order valence-electron chi connectivity index (χ0n) is 12.6. The number of nitrogens with zero attached hydrogens (tertiary/aromatic N) is 2. The van der Waals surface area contributed by atoms with Crippen molar-refractivity contribution in [3.05, 3.63) is 62.8 Å². The number of aromatic nitrogens is 2. The third-order valence-electron chi connectivity index (χ3n) is 3.06. The van der Waals surface area contributed by atoms with Crippen LogP contribution in [-0.2, 0) is 4.79 Å². The first-order valence-corrected chi connectivity index (χ1v) is 10.1. The summed E-state index contributed by atoms with van der Waals surface area (Å²) in [5.74, 6) is -0.678. The summed E-state index contributed by atoms with van der Waals surface area (Å²) >= 11 is 11.1. The molecule has 9 heteroatoms. The molecule has 1 heterocycles. The number of rotatable bonds is 5. The summed E-state index contributed by atoms with van der Waals surface area (Å²) in [7, 11) is 0. The third-order valence-corrected chi connectivity index (χ3v) is 5.92. The van der Waals surface area contributed by atoms with Gasteiger partial charge in [-0.05, 0) is 42.5 Å². The summed E-state index contributed by atoms with van der Waals surface area (Å²) in [5, 5.41) is 6.97. The van der Waals surface area contributed by atoms with Gasteiger partial charge in [-0.25, -0.2) is 9.07 Å². The summed E-state index contributed by atoms with van der Waals surface area (Å²) < 4.78 is 17.3. The largest absolute Gasteiger partial charge is 0.323 e. The summed E-state index contributed by atoms with van der Waals surface area (Å²) in [6.45, 7) is 0. The van der Waals surface area contributed by atoms with Crippen molar-refractivity contribution >= 4 is 62.8 Å².